The van der Waals surface area contributed by atoms with E-state index in [2.05, 4.69) is 34.9 Å². The van der Waals surface area contributed by atoms with Crippen LogP contribution in [0.3, 0.4) is 0 Å². The van der Waals surface area contributed by atoms with Gasteiger partial charge in [-0.1, -0.05) is 6.92 Å². The van der Waals surface area contributed by atoms with Crippen molar-refractivity contribution in [2.24, 2.45) is 5.41 Å². The van der Waals surface area contributed by atoms with Crippen LogP contribution in [0.1, 0.15) is 31.7 Å². The number of piperidine rings is 1. The van der Waals surface area contributed by atoms with Crippen LogP contribution in [0.5, 0.6) is 0 Å². The van der Waals surface area contributed by atoms with Crippen molar-refractivity contribution in [1.29, 1.82) is 5.26 Å². The summed E-state index contributed by atoms with van der Waals surface area (Å²) in [5.74, 6) is 0. The van der Waals surface area contributed by atoms with Gasteiger partial charge in [0.15, 0.2) is 0 Å². The molecule has 2 heterocycles. The van der Waals surface area contributed by atoms with Crippen LogP contribution in [0.2, 0.25) is 0 Å². The third kappa shape index (κ3) is 2.53. The second-order valence-corrected chi connectivity index (χ2v) is 6.26. The summed E-state index contributed by atoms with van der Waals surface area (Å²) in [5.41, 5.74) is 2.60. The lowest BCUT2D eigenvalue weighted by molar-refractivity contribution is 0.213. The Bertz CT molecular complexity index is 492. The molecule has 0 unspecified atom stereocenters. The van der Waals surface area contributed by atoms with Crippen molar-refractivity contribution < 1.29 is 0 Å². The molecule has 2 fully saturated rings. The first-order chi connectivity index (χ1) is 9.74. The molecular formula is C17H23N3. The molecule has 1 aromatic carbocycles. The molecule has 0 N–H and O–H groups in total. The maximum absolute atomic E-state index is 8.86. The topological polar surface area (TPSA) is 30.3 Å². The van der Waals surface area contributed by atoms with Crippen molar-refractivity contribution in [1.82, 2.24) is 4.90 Å². The third-order valence-corrected chi connectivity index (χ3v) is 5.15. The SMILES string of the molecule is CCN1CCC2(CCN(c3ccc(C#N)cc3)CC2)C1. The number of hydrogen-bond acceptors (Lipinski definition) is 3. The molecule has 20 heavy (non-hydrogen) atoms. The van der Waals surface area contributed by atoms with Crippen LogP contribution in [-0.2, 0) is 0 Å². The molecule has 0 saturated carbocycles. The van der Waals surface area contributed by atoms with Gasteiger partial charge in [-0.2, -0.15) is 5.26 Å². The Morgan fingerprint density at radius 1 is 1.10 bits per heavy atom. The minimum absolute atomic E-state index is 0.582. The molecule has 0 bridgehead atoms. The van der Waals surface area contributed by atoms with Crippen molar-refractivity contribution in [2.75, 3.05) is 37.6 Å². The molecule has 1 spiro atoms. The average Bonchev–Trinajstić information content (AvgIpc) is 2.91. The molecule has 0 atom stereocenters. The molecule has 3 nitrogen and oxygen atoms in total. The van der Waals surface area contributed by atoms with Gasteiger partial charge in [0.2, 0.25) is 0 Å². The summed E-state index contributed by atoms with van der Waals surface area (Å²) in [5, 5.41) is 8.86. The fourth-order valence-corrected chi connectivity index (χ4v) is 3.69. The highest BCUT2D eigenvalue weighted by Gasteiger charge is 2.39. The van der Waals surface area contributed by atoms with Crippen LogP contribution in [0.4, 0.5) is 5.69 Å². The van der Waals surface area contributed by atoms with Crippen molar-refractivity contribution in [3.8, 4) is 6.07 Å². The average molecular weight is 269 g/mol. The molecule has 106 valence electrons. The zero-order chi connectivity index (χ0) is 14.0. The maximum Gasteiger partial charge on any atom is 0.0991 e. The van der Waals surface area contributed by atoms with Crippen LogP contribution in [0, 0.1) is 16.7 Å². The molecule has 3 heteroatoms. The van der Waals surface area contributed by atoms with Crippen molar-refractivity contribution >= 4 is 5.69 Å². The molecule has 2 aliphatic rings. The standard InChI is InChI=1S/C17H23N3/c1-2-19-10-7-17(14-19)8-11-20(12-9-17)16-5-3-15(13-18)4-6-16/h3-6H,2,7-12,14H2,1H3. The minimum atomic E-state index is 0.582. The number of hydrogen-bond donors (Lipinski definition) is 0. The second kappa shape index (κ2) is 5.46. The number of likely N-dealkylation sites (tertiary alicyclic amines) is 1. The lowest BCUT2D eigenvalue weighted by Crippen LogP contribution is -2.41. The lowest BCUT2D eigenvalue weighted by Gasteiger charge is -2.40. The van der Waals surface area contributed by atoms with Gasteiger partial charge >= 0.3 is 0 Å². The summed E-state index contributed by atoms with van der Waals surface area (Å²) in [6.07, 6.45) is 4.00. The van der Waals surface area contributed by atoms with Crippen molar-refractivity contribution in [2.45, 2.75) is 26.2 Å². The Hall–Kier alpha value is -1.53. The van der Waals surface area contributed by atoms with Gasteiger partial charge < -0.3 is 9.80 Å². The first-order valence-electron chi connectivity index (χ1n) is 7.72. The Morgan fingerprint density at radius 3 is 2.30 bits per heavy atom. The smallest absolute Gasteiger partial charge is 0.0991 e. The minimum Gasteiger partial charge on any atom is -0.371 e. The number of nitriles is 1. The van der Waals surface area contributed by atoms with Gasteiger partial charge in [0.25, 0.3) is 0 Å². The molecule has 2 aliphatic heterocycles. The van der Waals surface area contributed by atoms with Crippen LogP contribution in [0.15, 0.2) is 24.3 Å². The lowest BCUT2D eigenvalue weighted by atomic mass is 9.77. The van der Waals surface area contributed by atoms with E-state index in [0.717, 1.165) is 18.7 Å². The highest BCUT2D eigenvalue weighted by Crippen LogP contribution is 2.41. The van der Waals surface area contributed by atoms with Gasteiger partial charge in [-0.15, -0.1) is 0 Å². The van der Waals surface area contributed by atoms with Crippen molar-refractivity contribution in [3.63, 3.8) is 0 Å². The van der Waals surface area contributed by atoms with E-state index in [4.69, 9.17) is 5.26 Å². The monoisotopic (exact) mass is 269 g/mol. The highest BCUT2D eigenvalue weighted by atomic mass is 15.2. The molecule has 0 amide bonds. The van der Waals surface area contributed by atoms with Crippen LogP contribution in [0.25, 0.3) is 0 Å². The molecule has 0 aliphatic carbocycles. The zero-order valence-electron chi connectivity index (χ0n) is 12.3. The number of rotatable bonds is 2. The largest absolute Gasteiger partial charge is 0.371 e. The fraction of sp³-hybridized carbons (Fsp3) is 0.588. The summed E-state index contributed by atoms with van der Waals surface area (Å²) in [7, 11) is 0. The first-order valence-corrected chi connectivity index (χ1v) is 7.72. The summed E-state index contributed by atoms with van der Waals surface area (Å²) >= 11 is 0. The van der Waals surface area contributed by atoms with Crippen LogP contribution < -0.4 is 4.90 Å². The summed E-state index contributed by atoms with van der Waals surface area (Å²) in [4.78, 5) is 5.07. The summed E-state index contributed by atoms with van der Waals surface area (Å²) in [6.45, 7) is 8.36. The number of nitrogens with zero attached hydrogens (tertiary/aromatic N) is 3. The summed E-state index contributed by atoms with van der Waals surface area (Å²) < 4.78 is 0. The van der Waals surface area contributed by atoms with Gasteiger partial charge in [-0.3, -0.25) is 0 Å². The van der Waals surface area contributed by atoms with E-state index in [1.807, 2.05) is 12.1 Å². The molecule has 2 saturated heterocycles. The van der Waals surface area contributed by atoms with E-state index in [9.17, 15) is 0 Å². The van der Waals surface area contributed by atoms with Crippen LogP contribution in [-0.4, -0.2) is 37.6 Å². The molecule has 3 rings (SSSR count). The molecule has 0 aromatic heterocycles. The van der Waals surface area contributed by atoms with Gasteiger partial charge in [0.05, 0.1) is 11.6 Å². The fourth-order valence-electron chi connectivity index (χ4n) is 3.69. The predicted octanol–water partition coefficient (Wildman–Crippen LogP) is 2.87. The van der Waals surface area contributed by atoms with Crippen molar-refractivity contribution in [3.05, 3.63) is 29.8 Å². The summed E-state index contributed by atoms with van der Waals surface area (Å²) in [6, 6.07) is 10.2. The van der Waals surface area contributed by atoms with E-state index >= 15 is 0 Å². The Morgan fingerprint density at radius 2 is 1.75 bits per heavy atom. The first kappa shape index (κ1) is 13.5. The normalized spacial score (nSPS) is 22.1. The molecule has 1 aromatic rings. The van der Waals surface area contributed by atoms with Gasteiger partial charge in [0, 0.05) is 25.3 Å². The van der Waals surface area contributed by atoms with Gasteiger partial charge in [0.1, 0.15) is 0 Å². The van der Waals surface area contributed by atoms with E-state index in [0.29, 0.717) is 5.41 Å². The number of benzene rings is 1. The quantitative estimate of drug-likeness (QED) is 0.827. The Kier molecular flexibility index (Phi) is 3.67. The van der Waals surface area contributed by atoms with E-state index in [1.165, 1.54) is 44.6 Å². The maximum atomic E-state index is 8.86. The van der Waals surface area contributed by atoms with Gasteiger partial charge in [-0.05, 0) is 62.0 Å². The Labute approximate surface area is 121 Å². The Balaban J connectivity index is 1.62. The molecular weight excluding hydrogens is 246 g/mol. The van der Waals surface area contributed by atoms with Gasteiger partial charge in [-0.25, -0.2) is 0 Å². The predicted molar refractivity (Wildman–Crippen MR) is 81.8 cm³/mol. The highest BCUT2D eigenvalue weighted by molar-refractivity contribution is 5.50. The molecule has 0 radical (unpaired) electrons. The third-order valence-electron chi connectivity index (χ3n) is 5.15. The number of anilines is 1. The van der Waals surface area contributed by atoms with E-state index in [-0.39, 0.29) is 0 Å². The zero-order valence-corrected chi connectivity index (χ0v) is 12.3. The second-order valence-electron chi connectivity index (χ2n) is 6.26. The van der Waals surface area contributed by atoms with Crippen LogP contribution >= 0.6 is 0 Å². The van der Waals surface area contributed by atoms with E-state index in [1.54, 1.807) is 0 Å². The van der Waals surface area contributed by atoms with E-state index < -0.39 is 0 Å².